The zero-order chi connectivity index (χ0) is 14.4. The van der Waals surface area contributed by atoms with Crippen LogP contribution in [0.3, 0.4) is 0 Å². The number of anilines is 1. The lowest BCUT2D eigenvalue weighted by molar-refractivity contribution is 0.623. The fraction of sp³-hybridized carbons (Fsp3) is 0.133. The van der Waals surface area contributed by atoms with Crippen molar-refractivity contribution in [2.75, 3.05) is 5.73 Å². The van der Waals surface area contributed by atoms with Gasteiger partial charge in [0.15, 0.2) is 0 Å². The molecule has 3 N–H and O–H groups in total. The van der Waals surface area contributed by atoms with Gasteiger partial charge in [-0.1, -0.05) is 0 Å². The zero-order valence-corrected chi connectivity index (χ0v) is 12.7. The van der Waals surface area contributed by atoms with Gasteiger partial charge >= 0.3 is 0 Å². The summed E-state index contributed by atoms with van der Waals surface area (Å²) in [6, 6.07) is 6.91. The second-order valence-electron chi connectivity index (χ2n) is 4.88. The minimum atomic E-state index is -0.312. The van der Waals surface area contributed by atoms with Crippen LogP contribution in [0.1, 0.15) is 11.1 Å². The van der Waals surface area contributed by atoms with E-state index < -0.39 is 0 Å². The van der Waals surface area contributed by atoms with Gasteiger partial charge < -0.3 is 10.7 Å². The number of aryl methyl sites for hydroxylation is 1. The number of H-pyrrole nitrogens is 1. The number of fused-ring (bicyclic) bond motifs is 1. The maximum Gasteiger partial charge on any atom is 0.139 e. The van der Waals surface area contributed by atoms with Crippen LogP contribution in [0.5, 0.6) is 0 Å². The Labute approximate surface area is 124 Å². The maximum absolute atomic E-state index is 13.6. The number of nitrogens with two attached hydrogens (primary N) is 1. The topological polar surface area (TPSA) is 54.7 Å². The van der Waals surface area contributed by atoms with Crippen LogP contribution in [-0.4, -0.2) is 9.97 Å². The number of nitrogen functional groups attached to an aromatic ring is 1. The zero-order valence-electron chi connectivity index (χ0n) is 11.1. The van der Waals surface area contributed by atoms with E-state index in [9.17, 15) is 4.39 Å². The van der Waals surface area contributed by atoms with E-state index in [0.29, 0.717) is 27.0 Å². The molecule has 0 saturated heterocycles. The third kappa shape index (κ3) is 2.08. The molecule has 0 radical (unpaired) electrons. The first-order valence-electron chi connectivity index (χ1n) is 6.17. The van der Waals surface area contributed by atoms with E-state index >= 15 is 0 Å². The van der Waals surface area contributed by atoms with Crippen molar-refractivity contribution in [3.05, 3.63) is 45.7 Å². The number of rotatable bonds is 1. The van der Waals surface area contributed by atoms with E-state index in [2.05, 4.69) is 25.9 Å². The summed E-state index contributed by atoms with van der Waals surface area (Å²) in [7, 11) is 0. The molecule has 0 unspecified atom stereocenters. The van der Waals surface area contributed by atoms with Crippen LogP contribution in [0, 0.1) is 19.7 Å². The van der Waals surface area contributed by atoms with E-state index in [1.54, 1.807) is 6.07 Å². The molecule has 3 nitrogen and oxygen atoms in total. The molecule has 0 bridgehead atoms. The van der Waals surface area contributed by atoms with Crippen LogP contribution in [0.15, 0.2) is 28.7 Å². The molecule has 1 aromatic heterocycles. The van der Waals surface area contributed by atoms with Crippen molar-refractivity contribution >= 4 is 32.7 Å². The number of imidazole rings is 1. The van der Waals surface area contributed by atoms with Gasteiger partial charge in [-0.05, 0) is 59.1 Å². The van der Waals surface area contributed by atoms with Gasteiger partial charge in [0, 0.05) is 17.3 Å². The number of halogens is 2. The highest BCUT2D eigenvalue weighted by Gasteiger charge is 2.12. The van der Waals surface area contributed by atoms with E-state index in [4.69, 9.17) is 5.73 Å². The summed E-state index contributed by atoms with van der Waals surface area (Å²) in [4.78, 5) is 7.67. The number of aromatic nitrogens is 2. The highest BCUT2D eigenvalue weighted by atomic mass is 79.9. The molecule has 0 saturated carbocycles. The standard InChI is InChI=1S/C15H13BrFN3/c1-7-3-9(18)4-10(8(7)2)15-19-13-5-11(16)12(17)6-14(13)20-15/h3-6H,18H2,1-2H3,(H,19,20). The largest absolute Gasteiger partial charge is 0.399 e. The van der Waals surface area contributed by atoms with Crippen molar-refractivity contribution in [1.82, 2.24) is 9.97 Å². The van der Waals surface area contributed by atoms with Gasteiger partial charge in [-0.25, -0.2) is 9.37 Å². The van der Waals surface area contributed by atoms with Crippen LogP contribution in [-0.2, 0) is 0 Å². The summed E-state index contributed by atoms with van der Waals surface area (Å²) in [5.74, 6) is 0.388. The van der Waals surface area contributed by atoms with Crippen molar-refractivity contribution in [1.29, 1.82) is 0 Å². The average molecular weight is 334 g/mol. The lowest BCUT2D eigenvalue weighted by Crippen LogP contribution is -1.93. The first kappa shape index (κ1) is 13.1. The fourth-order valence-electron chi connectivity index (χ4n) is 2.27. The van der Waals surface area contributed by atoms with Crippen molar-refractivity contribution in [3.63, 3.8) is 0 Å². The molecule has 0 aliphatic carbocycles. The molecule has 0 aliphatic rings. The molecule has 2 aromatic carbocycles. The molecule has 5 heteroatoms. The number of nitrogens with one attached hydrogen (secondary N) is 1. The Morgan fingerprint density at radius 1 is 1.20 bits per heavy atom. The van der Waals surface area contributed by atoms with E-state index in [1.165, 1.54) is 6.07 Å². The lowest BCUT2D eigenvalue weighted by Gasteiger charge is -2.07. The van der Waals surface area contributed by atoms with Gasteiger partial charge in [0.05, 0.1) is 15.5 Å². The third-order valence-corrected chi connectivity index (χ3v) is 4.08. The Bertz CT molecular complexity index is 785. The second kappa shape index (κ2) is 4.59. The third-order valence-electron chi connectivity index (χ3n) is 3.47. The highest BCUT2D eigenvalue weighted by Crippen LogP contribution is 2.29. The number of hydrogen-bond acceptors (Lipinski definition) is 2. The Kier molecular flexibility index (Phi) is 3.01. The fourth-order valence-corrected chi connectivity index (χ4v) is 2.60. The van der Waals surface area contributed by atoms with Crippen LogP contribution >= 0.6 is 15.9 Å². The summed E-state index contributed by atoms with van der Waals surface area (Å²) in [6.45, 7) is 4.03. The van der Waals surface area contributed by atoms with Gasteiger partial charge in [-0.2, -0.15) is 0 Å². The van der Waals surface area contributed by atoms with Crippen molar-refractivity contribution in [2.45, 2.75) is 13.8 Å². The number of benzene rings is 2. The summed E-state index contributed by atoms with van der Waals surface area (Å²) in [5, 5.41) is 0. The second-order valence-corrected chi connectivity index (χ2v) is 5.73. The minimum absolute atomic E-state index is 0.312. The molecule has 0 aliphatic heterocycles. The molecule has 0 spiro atoms. The number of hydrogen-bond donors (Lipinski definition) is 2. The monoisotopic (exact) mass is 333 g/mol. The quantitative estimate of drug-likeness (QED) is 0.651. The molecule has 3 aromatic rings. The van der Waals surface area contributed by atoms with E-state index in [-0.39, 0.29) is 5.82 Å². The molecular weight excluding hydrogens is 321 g/mol. The molecule has 0 atom stereocenters. The van der Waals surface area contributed by atoms with Crippen molar-refractivity contribution in [3.8, 4) is 11.4 Å². The smallest absolute Gasteiger partial charge is 0.139 e. The first-order valence-corrected chi connectivity index (χ1v) is 6.97. The minimum Gasteiger partial charge on any atom is -0.399 e. The summed E-state index contributed by atoms with van der Waals surface area (Å²) >= 11 is 3.17. The molecular formula is C15H13BrFN3. The van der Waals surface area contributed by atoms with Crippen LogP contribution in [0.4, 0.5) is 10.1 Å². The molecule has 20 heavy (non-hydrogen) atoms. The van der Waals surface area contributed by atoms with Gasteiger partial charge in [-0.3, -0.25) is 0 Å². The van der Waals surface area contributed by atoms with Gasteiger partial charge in [0.2, 0.25) is 0 Å². The molecule has 3 rings (SSSR count). The van der Waals surface area contributed by atoms with E-state index in [1.807, 2.05) is 26.0 Å². The van der Waals surface area contributed by atoms with E-state index in [0.717, 1.165) is 16.7 Å². The predicted molar refractivity (Wildman–Crippen MR) is 83.1 cm³/mol. The number of nitrogens with zero attached hydrogens (tertiary/aromatic N) is 1. The number of aromatic amines is 1. The van der Waals surface area contributed by atoms with Crippen LogP contribution in [0.25, 0.3) is 22.4 Å². The Balaban J connectivity index is 2.25. The Morgan fingerprint density at radius 3 is 2.70 bits per heavy atom. The summed E-state index contributed by atoms with van der Waals surface area (Å²) in [6.07, 6.45) is 0. The van der Waals surface area contributed by atoms with Crippen molar-refractivity contribution in [2.24, 2.45) is 0 Å². The predicted octanol–water partition coefficient (Wildman–Crippen LogP) is 4.33. The lowest BCUT2D eigenvalue weighted by atomic mass is 10.0. The SMILES string of the molecule is Cc1cc(N)cc(-c2nc3cc(Br)c(F)cc3[nH]2)c1C. The van der Waals surface area contributed by atoms with Crippen LogP contribution in [0.2, 0.25) is 0 Å². The summed E-state index contributed by atoms with van der Waals surface area (Å²) < 4.78 is 14.0. The molecule has 0 amide bonds. The van der Waals surface area contributed by atoms with Gasteiger partial charge in [0.25, 0.3) is 0 Å². The maximum atomic E-state index is 13.6. The highest BCUT2D eigenvalue weighted by molar-refractivity contribution is 9.10. The summed E-state index contributed by atoms with van der Waals surface area (Å²) in [5.41, 5.74) is 11.1. The van der Waals surface area contributed by atoms with Gasteiger partial charge in [0.1, 0.15) is 11.6 Å². The molecule has 0 fully saturated rings. The van der Waals surface area contributed by atoms with Crippen molar-refractivity contribution < 1.29 is 4.39 Å². The normalized spacial score (nSPS) is 11.2. The molecule has 102 valence electrons. The Hall–Kier alpha value is -1.88. The average Bonchev–Trinajstić information content (AvgIpc) is 2.77. The first-order chi connectivity index (χ1) is 9.45. The Morgan fingerprint density at radius 2 is 1.95 bits per heavy atom. The molecule has 1 heterocycles. The van der Waals surface area contributed by atoms with Crippen LogP contribution < -0.4 is 5.73 Å². The van der Waals surface area contributed by atoms with Gasteiger partial charge in [-0.15, -0.1) is 0 Å².